The monoisotopic (exact) mass is 340 g/mol. The molecule has 1 aromatic rings. The van der Waals surface area contributed by atoms with Crippen molar-refractivity contribution < 1.29 is 17.9 Å². The second kappa shape index (κ2) is 7.31. The summed E-state index contributed by atoms with van der Waals surface area (Å²) in [5.41, 5.74) is 0.580. The number of carbonyl (C=O) groups is 1. The number of hydrogen-bond donors (Lipinski definition) is 1. The molecule has 6 nitrogen and oxygen atoms in total. The molecule has 1 aliphatic heterocycles. The quantitative estimate of drug-likeness (QED) is 0.882. The first-order valence-electron chi connectivity index (χ1n) is 7.75. The molecule has 1 aliphatic rings. The maximum Gasteiger partial charge on any atom is 0.241 e. The van der Waals surface area contributed by atoms with Crippen LogP contribution in [0.4, 0.5) is 0 Å². The van der Waals surface area contributed by atoms with E-state index in [9.17, 15) is 13.2 Å². The highest BCUT2D eigenvalue weighted by molar-refractivity contribution is 7.89. The molecule has 0 saturated carbocycles. The number of aryl methyl sites for hydroxylation is 1. The van der Waals surface area contributed by atoms with E-state index in [0.717, 1.165) is 12.8 Å². The first kappa shape index (κ1) is 17.7. The Morgan fingerprint density at radius 2 is 2.00 bits per heavy atom. The lowest BCUT2D eigenvalue weighted by atomic mass is 9.99. The largest absolute Gasteiger partial charge is 0.497 e. The maximum atomic E-state index is 12.4. The molecule has 0 aromatic heterocycles. The van der Waals surface area contributed by atoms with Crippen LogP contribution in [0, 0.1) is 12.8 Å². The third-order valence-corrected chi connectivity index (χ3v) is 5.78. The Morgan fingerprint density at radius 1 is 1.35 bits per heavy atom. The molecule has 0 aliphatic carbocycles. The number of rotatable bonds is 5. The van der Waals surface area contributed by atoms with Crippen LogP contribution in [0.2, 0.25) is 0 Å². The highest BCUT2D eigenvalue weighted by atomic mass is 32.2. The van der Waals surface area contributed by atoms with E-state index in [1.54, 1.807) is 24.0 Å². The van der Waals surface area contributed by atoms with Crippen molar-refractivity contribution in [2.45, 2.75) is 31.6 Å². The number of benzene rings is 1. The Labute approximate surface area is 137 Å². The van der Waals surface area contributed by atoms with Gasteiger partial charge in [-0.2, -0.15) is 0 Å². The number of nitrogens with zero attached hydrogens (tertiary/aromatic N) is 1. The van der Waals surface area contributed by atoms with Gasteiger partial charge in [0.05, 0.1) is 18.6 Å². The molecule has 128 valence electrons. The minimum absolute atomic E-state index is 0.165. The van der Waals surface area contributed by atoms with Crippen LogP contribution in [-0.4, -0.2) is 46.0 Å². The van der Waals surface area contributed by atoms with Gasteiger partial charge in [0.1, 0.15) is 5.75 Å². The first-order valence-corrected chi connectivity index (χ1v) is 9.24. The van der Waals surface area contributed by atoms with Gasteiger partial charge >= 0.3 is 0 Å². The summed E-state index contributed by atoms with van der Waals surface area (Å²) in [6.07, 6.45) is 1.94. The molecule has 1 saturated heterocycles. The van der Waals surface area contributed by atoms with Gasteiger partial charge in [-0.1, -0.05) is 6.92 Å². The van der Waals surface area contributed by atoms with Crippen LogP contribution in [0.3, 0.4) is 0 Å². The van der Waals surface area contributed by atoms with Gasteiger partial charge in [0.2, 0.25) is 15.9 Å². The van der Waals surface area contributed by atoms with Crippen LogP contribution in [0.25, 0.3) is 0 Å². The Morgan fingerprint density at radius 3 is 2.57 bits per heavy atom. The highest BCUT2D eigenvalue weighted by Gasteiger charge is 2.23. The number of ether oxygens (including phenoxy) is 1. The van der Waals surface area contributed by atoms with Gasteiger partial charge in [0.25, 0.3) is 0 Å². The fourth-order valence-electron chi connectivity index (χ4n) is 2.65. The molecule has 0 radical (unpaired) electrons. The van der Waals surface area contributed by atoms with E-state index in [1.807, 2.05) is 0 Å². The van der Waals surface area contributed by atoms with Crippen molar-refractivity contribution in [3.63, 3.8) is 0 Å². The summed E-state index contributed by atoms with van der Waals surface area (Å²) in [7, 11) is -2.19. The van der Waals surface area contributed by atoms with Crippen molar-refractivity contribution >= 4 is 15.9 Å². The third-order valence-electron chi connectivity index (χ3n) is 4.22. The zero-order chi connectivity index (χ0) is 17.0. The SMILES string of the molecule is COc1ccc(S(=O)(=O)NCC(=O)N2CCC(C)CC2)c(C)c1. The molecule has 0 unspecified atom stereocenters. The summed E-state index contributed by atoms with van der Waals surface area (Å²) in [5.74, 6) is 1.05. The average Bonchev–Trinajstić information content (AvgIpc) is 2.53. The Kier molecular flexibility index (Phi) is 5.64. The van der Waals surface area contributed by atoms with Crippen molar-refractivity contribution in [1.82, 2.24) is 9.62 Å². The first-order chi connectivity index (χ1) is 10.8. The fourth-order valence-corrected chi connectivity index (χ4v) is 3.85. The van der Waals surface area contributed by atoms with Gasteiger partial charge in [-0.05, 0) is 49.4 Å². The molecular formula is C16H24N2O4S. The second-order valence-corrected chi connectivity index (χ2v) is 7.75. The Hall–Kier alpha value is -1.60. The molecule has 1 fully saturated rings. The molecular weight excluding hydrogens is 316 g/mol. The van der Waals surface area contributed by atoms with Gasteiger partial charge in [-0.3, -0.25) is 4.79 Å². The number of likely N-dealkylation sites (tertiary alicyclic amines) is 1. The molecule has 0 atom stereocenters. The topological polar surface area (TPSA) is 75.7 Å². The molecule has 0 bridgehead atoms. The van der Waals surface area contributed by atoms with Crippen LogP contribution in [-0.2, 0) is 14.8 Å². The van der Waals surface area contributed by atoms with Crippen LogP contribution in [0.15, 0.2) is 23.1 Å². The lowest BCUT2D eigenvalue weighted by Crippen LogP contribution is -2.43. The summed E-state index contributed by atoms with van der Waals surface area (Å²) in [5, 5.41) is 0. The number of carbonyl (C=O) groups excluding carboxylic acids is 1. The molecule has 1 heterocycles. The van der Waals surface area contributed by atoms with Gasteiger partial charge in [0, 0.05) is 13.1 Å². The number of nitrogens with one attached hydrogen (secondary N) is 1. The van der Waals surface area contributed by atoms with E-state index in [4.69, 9.17) is 4.74 Å². The standard InChI is InChI=1S/C16H24N2O4S/c1-12-6-8-18(9-7-12)16(19)11-17-23(20,21)15-5-4-14(22-3)10-13(15)2/h4-5,10,12,17H,6-9,11H2,1-3H3. The van der Waals surface area contributed by atoms with Crippen LogP contribution in [0.5, 0.6) is 5.75 Å². The van der Waals surface area contributed by atoms with Crippen LogP contribution < -0.4 is 9.46 Å². The summed E-state index contributed by atoms with van der Waals surface area (Å²) < 4.78 is 32.2. The van der Waals surface area contributed by atoms with Gasteiger partial charge in [0.15, 0.2) is 0 Å². The van der Waals surface area contributed by atoms with E-state index < -0.39 is 10.0 Å². The predicted octanol–water partition coefficient (Wildman–Crippen LogP) is 1.54. The summed E-state index contributed by atoms with van der Waals surface area (Å²) in [6.45, 7) is 5.05. The normalized spacial score (nSPS) is 16.4. The lowest BCUT2D eigenvalue weighted by molar-refractivity contribution is -0.131. The van der Waals surface area contributed by atoms with E-state index in [2.05, 4.69) is 11.6 Å². The van der Waals surface area contributed by atoms with Crippen molar-refractivity contribution in [2.75, 3.05) is 26.7 Å². The average molecular weight is 340 g/mol. The Balaban J connectivity index is 2.00. The van der Waals surface area contributed by atoms with E-state index >= 15 is 0 Å². The summed E-state index contributed by atoms with van der Waals surface area (Å²) in [6, 6.07) is 4.74. The molecule has 1 aromatic carbocycles. The predicted molar refractivity (Wildman–Crippen MR) is 87.9 cm³/mol. The van der Waals surface area contributed by atoms with Gasteiger partial charge in [-0.15, -0.1) is 0 Å². The molecule has 1 N–H and O–H groups in total. The zero-order valence-corrected chi connectivity index (χ0v) is 14.6. The van der Waals surface area contributed by atoms with Crippen molar-refractivity contribution in [1.29, 1.82) is 0 Å². The minimum Gasteiger partial charge on any atom is -0.497 e. The number of methoxy groups -OCH3 is 1. The van der Waals surface area contributed by atoms with Crippen molar-refractivity contribution in [2.24, 2.45) is 5.92 Å². The molecule has 23 heavy (non-hydrogen) atoms. The third kappa shape index (κ3) is 4.45. The Bertz CT molecular complexity index is 665. The lowest BCUT2D eigenvalue weighted by Gasteiger charge is -2.30. The minimum atomic E-state index is -3.71. The van der Waals surface area contributed by atoms with E-state index in [0.29, 0.717) is 30.3 Å². The van der Waals surface area contributed by atoms with Crippen molar-refractivity contribution in [3.8, 4) is 5.75 Å². The van der Waals surface area contributed by atoms with Gasteiger partial charge in [-0.25, -0.2) is 13.1 Å². The fraction of sp³-hybridized carbons (Fsp3) is 0.562. The highest BCUT2D eigenvalue weighted by Crippen LogP contribution is 2.21. The second-order valence-electron chi connectivity index (χ2n) is 6.02. The van der Waals surface area contributed by atoms with E-state index in [-0.39, 0.29) is 17.3 Å². The summed E-state index contributed by atoms with van der Waals surface area (Å²) in [4.78, 5) is 14.0. The molecule has 7 heteroatoms. The molecule has 2 rings (SSSR count). The smallest absolute Gasteiger partial charge is 0.241 e. The molecule has 1 amide bonds. The van der Waals surface area contributed by atoms with Gasteiger partial charge < -0.3 is 9.64 Å². The number of amides is 1. The van der Waals surface area contributed by atoms with Crippen LogP contribution in [0.1, 0.15) is 25.3 Å². The molecule has 0 spiro atoms. The van der Waals surface area contributed by atoms with Crippen LogP contribution >= 0.6 is 0 Å². The number of sulfonamides is 1. The van der Waals surface area contributed by atoms with E-state index in [1.165, 1.54) is 13.2 Å². The van der Waals surface area contributed by atoms with Crippen molar-refractivity contribution in [3.05, 3.63) is 23.8 Å². The number of hydrogen-bond acceptors (Lipinski definition) is 4. The maximum absolute atomic E-state index is 12.4. The number of piperidine rings is 1. The zero-order valence-electron chi connectivity index (χ0n) is 13.8. The summed E-state index contributed by atoms with van der Waals surface area (Å²) >= 11 is 0.